The van der Waals surface area contributed by atoms with Gasteiger partial charge in [0.25, 0.3) is 0 Å². The van der Waals surface area contributed by atoms with Crippen LogP contribution in [0.5, 0.6) is 5.88 Å². The topological polar surface area (TPSA) is 77.0 Å². The zero-order chi connectivity index (χ0) is 20.2. The van der Waals surface area contributed by atoms with Crippen molar-refractivity contribution in [3.05, 3.63) is 23.9 Å². The van der Waals surface area contributed by atoms with Crippen LogP contribution in [-0.4, -0.2) is 63.2 Å². The number of pyridine rings is 1. The van der Waals surface area contributed by atoms with E-state index in [4.69, 9.17) is 9.47 Å². The Balaban J connectivity index is 1.62. The molecular weight excluding hydrogens is 377 g/mol. The third-order valence-corrected chi connectivity index (χ3v) is 3.95. The molecule has 0 bridgehead atoms. The van der Waals surface area contributed by atoms with Crippen LogP contribution in [0.1, 0.15) is 24.8 Å². The van der Waals surface area contributed by atoms with Gasteiger partial charge in [-0.25, -0.2) is 4.98 Å². The summed E-state index contributed by atoms with van der Waals surface area (Å²) in [6.07, 6.45) is 0.225. The van der Waals surface area contributed by atoms with Crippen molar-refractivity contribution in [3.63, 3.8) is 0 Å². The minimum Gasteiger partial charge on any atom is -0.468 e. The van der Waals surface area contributed by atoms with E-state index in [1.54, 1.807) is 13.1 Å². The molecule has 1 aromatic rings. The van der Waals surface area contributed by atoms with Crippen molar-refractivity contribution in [2.75, 3.05) is 40.0 Å². The van der Waals surface area contributed by atoms with Crippen molar-refractivity contribution in [2.45, 2.75) is 38.1 Å². The second kappa shape index (κ2) is 11.7. The molecule has 158 valence electrons. The lowest BCUT2D eigenvalue weighted by atomic mass is 10.2. The Morgan fingerprint density at radius 2 is 2.25 bits per heavy atom. The lowest BCUT2D eigenvalue weighted by Gasteiger charge is -2.13. The van der Waals surface area contributed by atoms with Crippen LogP contribution in [0.4, 0.5) is 13.2 Å². The molecule has 1 aromatic heterocycles. The zero-order valence-electron chi connectivity index (χ0n) is 15.9. The summed E-state index contributed by atoms with van der Waals surface area (Å²) in [5.41, 5.74) is 0.732. The molecule has 0 saturated carbocycles. The summed E-state index contributed by atoms with van der Waals surface area (Å²) < 4.78 is 52.4. The molecule has 2 rings (SSSR count). The monoisotopic (exact) mass is 404 g/mol. The number of ether oxygens (including phenoxy) is 3. The van der Waals surface area contributed by atoms with E-state index in [0.717, 1.165) is 31.4 Å². The number of nitrogens with one attached hydrogen (secondary N) is 2. The van der Waals surface area contributed by atoms with Crippen LogP contribution in [0, 0.1) is 0 Å². The van der Waals surface area contributed by atoms with Crippen LogP contribution in [0.2, 0.25) is 0 Å². The Kier molecular flexibility index (Phi) is 9.29. The second-order valence-electron chi connectivity index (χ2n) is 6.32. The van der Waals surface area contributed by atoms with Gasteiger partial charge in [0.2, 0.25) is 5.88 Å². The van der Waals surface area contributed by atoms with Gasteiger partial charge in [-0.2, -0.15) is 13.2 Å². The number of halogens is 3. The van der Waals surface area contributed by atoms with Gasteiger partial charge in [-0.05, 0) is 30.9 Å². The summed E-state index contributed by atoms with van der Waals surface area (Å²) >= 11 is 0. The van der Waals surface area contributed by atoms with Crippen molar-refractivity contribution in [1.82, 2.24) is 15.6 Å². The zero-order valence-corrected chi connectivity index (χ0v) is 15.9. The lowest BCUT2D eigenvalue weighted by molar-refractivity contribution is -0.154. The number of aliphatic imine (C=N–C) groups is 1. The van der Waals surface area contributed by atoms with E-state index in [1.807, 2.05) is 0 Å². The SMILES string of the molecule is CN=C(NCCCOCC1CCCO1)NCc1ccnc(OCC(F)(F)F)c1. The predicted octanol–water partition coefficient (Wildman–Crippen LogP) is 2.27. The molecule has 0 amide bonds. The van der Waals surface area contributed by atoms with E-state index >= 15 is 0 Å². The van der Waals surface area contributed by atoms with E-state index in [1.165, 1.54) is 12.3 Å². The van der Waals surface area contributed by atoms with Crippen molar-refractivity contribution in [3.8, 4) is 5.88 Å². The van der Waals surface area contributed by atoms with Crippen LogP contribution in [0.15, 0.2) is 23.3 Å². The van der Waals surface area contributed by atoms with Crippen molar-refractivity contribution < 1.29 is 27.4 Å². The van der Waals surface area contributed by atoms with Gasteiger partial charge in [-0.3, -0.25) is 4.99 Å². The quantitative estimate of drug-likeness (QED) is 0.354. The summed E-state index contributed by atoms with van der Waals surface area (Å²) in [4.78, 5) is 7.89. The number of aromatic nitrogens is 1. The van der Waals surface area contributed by atoms with Crippen LogP contribution in [0.3, 0.4) is 0 Å². The smallest absolute Gasteiger partial charge is 0.422 e. The molecule has 1 fully saturated rings. The Labute approximate surface area is 162 Å². The molecule has 10 heteroatoms. The number of hydrogen-bond acceptors (Lipinski definition) is 5. The van der Waals surface area contributed by atoms with Gasteiger partial charge >= 0.3 is 6.18 Å². The molecule has 28 heavy (non-hydrogen) atoms. The normalized spacial score (nSPS) is 17.6. The summed E-state index contributed by atoms with van der Waals surface area (Å²) in [6.45, 7) is 1.78. The van der Waals surface area contributed by atoms with Gasteiger partial charge in [0, 0.05) is 45.6 Å². The molecule has 1 atom stereocenters. The third-order valence-electron chi connectivity index (χ3n) is 3.95. The molecule has 2 heterocycles. The van der Waals surface area contributed by atoms with Crippen LogP contribution in [-0.2, 0) is 16.0 Å². The van der Waals surface area contributed by atoms with Crippen molar-refractivity contribution in [1.29, 1.82) is 0 Å². The van der Waals surface area contributed by atoms with E-state index in [2.05, 4.69) is 25.3 Å². The number of alkyl halides is 3. The number of hydrogen-bond donors (Lipinski definition) is 2. The maximum Gasteiger partial charge on any atom is 0.422 e. The maximum absolute atomic E-state index is 12.2. The Hall–Kier alpha value is -2.07. The fourth-order valence-corrected chi connectivity index (χ4v) is 2.57. The number of nitrogens with zero attached hydrogens (tertiary/aromatic N) is 2. The molecule has 1 aliphatic rings. The third kappa shape index (κ3) is 9.23. The second-order valence-corrected chi connectivity index (χ2v) is 6.32. The average Bonchev–Trinajstić information content (AvgIpc) is 3.18. The molecule has 1 saturated heterocycles. The minimum atomic E-state index is -4.39. The first-order valence-corrected chi connectivity index (χ1v) is 9.24. The molecule has 0 spiro atoms. The molecule has 0 aromatic carbocycles. The first-order chi connectivity index (χ1) is 13.5. The van der Waals surface area contributed by atoms with E-state index in [0.29, 0.717) is 32.3 Å². The molecule has 0 aliphatic carbocycles. The first kappa shape index (κ1) is 22.2. The van der Waals surface area contributed by atoms with Crippen molar-refractivity contribution >= 4 is 5.96 Å². The minimum absolute atomic E-state index is 0.0667. The van der Waals surface area contributed by atoms with Crippen molar-refractivity contribution in [2.24, 2.45) is 4.99 Å². The largest absolute Gasteiger partial charge is 0.468 e. The molecular formula is C18H27F3N4O3. The highest BCUT2D eigenvalue weighted by molar-refractivity contribution is 5.79. The molecule has 7 nitrogen and oxygen atoms in total. The summed E-state index contributed by atoms with van der Waals surface area (Å²) in [6, 6.07) is 3.16. The van der Waals surface area contributed by atoms with Crippen LogP contribution < -0.4 is 15.4 Å². The predicted molar refractivity (Wildman–Crippen MR) is 98.4 cm³/mol. The Morgan fingerprint density at radius 3 is 2.96 bits per heavy atom. The van der Waals surface area contributed by atoms with E-state index in [-0.39, 0.29) is 12.0 Å². The molecule has 1 unspecified atom stereocenters. The fraction of sp³-hybridized carbons (Fsp3) is 0.667. The highest BCUT2D eigenvalue weighted by Crippen LogP contribution is 2.17. The highest BCUT2D eigenvalue weighted by atomic mass is 19.4. The van der Waals surface area contributed by atoms with E-state index < -0.39 is 12.8 Å². The average molecular weight is 404 g/mol. The van der Waals surface area contributed by atoms with Crippen LogP contribution >= 0.6 is 0 Å². The van der Waals surface area contributed by atoms with Gasteiger partial charge in [0.05, 0.1) is 12.7 Å². The Morgan fingerprint density at radius 1 is 1.39 bits per heavy atom. The maximum atomic E-state index is 12.2. The lowest BCUT2D eigenvalue weighted by Crippen LogP contribution is -2.37. The molecule has 2 N–H and O–H groups in total. The van der Waals surface area contributed by atoms with Crippen LogP contribution in [0.25, 0.3) is 0 Å². The van der Waals surface area contributed by atoms with E-state index in [9.17, 15) is 13.2 Å². The van der Waals surface area contributed by atoms with Gasteiger partial charge in [-0.15, -0.1) is 0 Å². The first-order valence-electron chi connectivity index (χ1n) is 9.24. The number of rotatable bonds is 10. The number of guanidine groups is 1. The molecule has 0 radical (unpaired) electrons. The summed E-state index contributed by atoms with van der Waals surface area (Å²) in [5.74, 6) is 0.525. The summed E-state index contributed by atoms with van der Waals surface area (Å²) in [7, 11) is 1.65. The van der Waals surface area contributed by atoms with Gasteiger partial charge in [0.15, 0.2) is 12.6 Å². The summed E-state index contributed by atoms with van der Waals surface area (Å²) in [5, 5.41) is 6.25. The standard InChI is InChI=1S/C18H27F3N4O3/c1-22-17(24-6-3-8-26-12-15-4-2-9-27-15)25-11-14-5-7-23-16(10-14)28-13-18(19,20)21/h5,7,10,15H,2-4,6,8-9,11-13H2,1H3,(H2,22,24,25). The van der Waals surface area contributed by atoms with Gasteiger partial charge < -0.3 is 24.8 Å². The van der Waals surface area contributed by atoms with Gasteiger partial charge in [-0.1, -0.05) is 0 Å². The highest BCUT2D eigenvalue weighted by Gasteiger charge is 2.28. The Bertz CT molecular complexity index is 608. The molecule has 1 aliphatic heterocycles. The van der Waals surface area contributed by atoms with Gasteiger partial charge in [0.1, 0.15) is 0 Å². The fourth-order valence-electron chi connectivity index (χ4n) is 2.57.